The van der Waals surface area contributed by atoms with Crippen molar-refractivity contribution in [3.63, 3.8) is 0 Å². The zero-order chi connectivity index (χ0) is 63.7. The Hall–Kier alpha value is -8.26. The van der Waals surface area contributed by atoms with Crippen molar-refractivity contribution in [3.05, 3.63) is 285 Å². The van der Waals surface area contributed by atoms with Gasteiger partial charge in [0.05, 0.1) is 26.6 Å². The van der Waals surface area contributed by atoms with Crippen LogP contribution in [-0.2, 0) is 6.18 Å². The third-order valence-corrected chi connectivity index (χ3v) is 12.8. The number of para-hydroxylation sites is 1. The predicted molar refractivity (Wildman–Crippen MR) is 333 cm³/mol. The summed E-state index contributed by atoms with van der Waals surface area (Å²) in [7, 11) is 0. The van der Waals surface area contributed by atoms with E-state index in [9.17, 15) is 66.0 Å². The minimum atomic E-state index is -4.46. The molecule has 8 rings (SSSR count). The minimum absolute atomic E-state index is 0.00519. The zero-order valence-corrected chi connectivity index (χ0v) is 51.7. The molecule has 0 atom stereocenters. The molecule has 11 nitrogen and oxygen atoms in total. The Bertz CT molecular complexity index is 3180. The van der Waals surface area contributed by atoms with E-state index in [1.807, 2.05) is 104 Å². The molecule has 0 saturated heterocycles. The summed E-state index contributed by atoms with van der Waals surface area (Å²) in [4.78, 5) is 96.1. The molecular weight excluding hydrogens is 1280 g/mol. The Balaban J connectivity index is 0.000000481. The van der Waals surface area contributed by atoms with E-state index in [0.717, 1.165) is 48.9 Å². The average molecular weight is 1350 g/mol. The molecule has 0 fully saturated rings. The molecule has 18 heteroatoms. The lowest BCUT2D eigenvalue weighted by Gasteiger charge is -2.09. The Kier molecular flexibility index (Phi) is 33.8. The first kappa shape index (κ1) is 73.8. The topological polar surface area (TPSA) is 180 Å². The third kappa shape index (κ3) is 27.7. The lowest BCUT2D eigenvalue weighted by Crippen LogP contribution is -2.11. The van der Waals surface area contributed by atoms with Crippen LogP contribution in [-0.4, -0.2) is 51.2 Å². The maximum absolute atomic E-state index is 12.6. The van der Waals surface area contributed by atoms with Gasteiger partial charge in [-0.25, -0.2) is 4.39 Å². The van der Waals surface area contributed by atoms with Crippen molar-refractivity contribution in [2.45, 2.75) is 68.5 Å². The van der Waals surface area contributed by atoms with Crippen LogP contribution in [0.2, 0.25) is 5.02 Å². The Morgan fingerprint density at radius 1 is 0.429 bits per heavy atom. The van der Waals surface area contributed by atoms with Crippen molar-refractivity contribution in [2.75, 3.05) is 0 Å². The largest absolute Gasteiger partial charge is 0.417 e. The fourth-order valence-electron chi connectivity index (χ4n) is 6.60. The van der Waals surface area contributed by atoms with Gasteiger partial charge >= 0.3 is 6.18 Å². The number of Topliss-reactive ketones (excluding diaryl/α,β-unsaturated/α-hetero) is 8. The number of nitrogens with zero attached hydrogens (tertiary/aromatic N) is 1. The van der Waals surface area contributed by atoms with Crippen LogP contribution in [0, 0.1) is 26.4 Å². The van der Waals surface area contributed by atoms with E-state index >= 15 is 0 Å². The van der Waals surface area contributed by atoms with Crippen LogP contribution in [0.15, 0.2) is 205 Å². The van der Waals surface area contributed by atoms with Gasteiger partial charge in [0, 0.05) is 47.5 Å². The SMILES string of the molecule is CC(=O)c1ccccc1.CC(=O)c1ccccc1Br.CC(=O)c1ccccc1C.CC(=O)c1ccccc1C(F)(F)F.CC(=O)c1ccccc1Cl.CC(=O)c1ccccc1F.CC(=O)c1ccccc1I.CC(=O)c1ccccc1[N+](=O)[O-]. The van der Waals surface area contributed by atoms with Gasteiger partial charge in [0.2, 0.25) is 0 Å². The fourth-order valence-corrected chi connectivity index (χ4v) is 8.20. The molecule has 0 aliphatic carbocycles. The molecule has 0 amide bonds. The molecule has 0 bridgehead atoms. The van der Waals surface area contributed by atoms with Crippen LogP contribution < -0.4 is 0 Å². The van der Waals surface area contributed by atoms with Crippen molar-refractivity contribution < 1.29 is 60.8 Å². The van der Waals surface area contributed by atoms with E-state index in [0.29, 0.717) is 10.6 Å². The van der Waals surface area contributed by atoms with Gasteiger partial charge in [0.15, 0.2) is 46.3 Å². The number of halogens is 7. The van der Waals surface area contributed by atoms with E-state index in [4.69, 9.17) is 11.6 Å². The summed E-state index contributed by atoms with van der Waals surface area (Å²) in [5, 5.41) is 10.9. The Labute approximate surface area is 512 Å². The number of nitro groups is 1. The summed E-state index contributed by atoms with van der Waals surface area (Å²) < 4.78 is 51.3. The second kappa shape index (κ2) is 38.5. The standard InChI is InChI=1S/C9H7F3O.C9H10O.C8H7BrO.C8H7ClO.C8H7FO.C8H7IO.C8H7NO3.C8H8O/c1-6(13)7-4-2-3-5-8(7)9(10,11)12;1-7-5-3-4-6-9(7)8(2)10;4*1-6(10)7-4-2-3-5-8(7)9;1-6(10)7-4-2-3-5-8(7)9(11)12;1-7(9)8-5-3-2-4-6-8/h2-5H,1H3;3-6H,1-2H3;4*2-5H,1H3;2-5H,1H3;2-6H,1H3. The number of aryl methyl sites for hydroxylation is 1. The maximum Gasteiger partial charge on any atom is 0.417 e. The lowest BCUT2D eigenvalue weighted by atomic mass is 10.0. The number of hydrogen-bond acceptors (Lipinski definition) is 10. The number of nitro benzene ring substituents is 1. The minimum Gasteiger partial charge on any atom is -0.295 e. The molecule has 438 valence electrons. The van der Waals surface area contributed by atoms with Crippen LogP contribution >= 0.6 is 50.1 Å². The molecular formula is C66H60BrClF4INO10. The van der Waals surface area contributed by atoms with Crippen LogP contribution in [0.4, 0.5) is 23.2 Å². The van der Waals surface area contributed by atoms with Crippen LogP contribution in [0.5, 0.6) is 0 Å². The first-order valence-corrected chi connectivity index (χ1v) is 27.2. The van der Waals surface area contributed by atoms with E-state index in [-0.39, 0.29) is 62.9 Å². The number of carbonyl (C=O) groups excluding carboxylic acids is 8. The van der Waals surface area contributed by atoms with E-state index in [1.165, 1.54) is 69.3 Å². The van der Waals surface area contributed by atoms with E-state index < -0.39 is 28.3 Å². The monoisotopic (exact) mass is 1340 g/mol. The molecule has 0 aliphatic heterocycles. The number of hydrogen-bond donors (Lipinski definition) is 0. The fraction of sp³-hybridized carbons (Fsp3) is 0.152. The number of benzene rings is 8. The lowest BCUT2D eigenvalue weighted by molar-refractivity contribution is -0.385. The van der Waals surface area contributed by atoms with Crippen molar-refractivity contribution in [1.29, 1.82) is 0 Å². The Morgan fingerprint density at radius 3 is 1.11 bits per heavy atom. The summed E-state index contributed by atoms with van der Waals surface area (Å²) in [6, 6.07) is 55.4. The summed E-state index contributed by atoms with van der Waals surface area (Å²) in [5.41, 5.74) is 3.80. The molecule has 0 aromatic heterocycles. The van der Waals surface area contributed by atoms with Crippen molar-refractivity contribution >= 4 is 102 Å². The van der Waals surface area contributed by atoms with Crippen molar-refractivity contribution in [2.24, 2.45) is 0 Å². The van der Waals surface area contributed by atoms with Gasteiger partial charge in [-0.3, -0.25) is 48.5 Å². The van der Waals surface area contributed by atoms with Crippen LogP contribution in [0.25, 0.3) is 0 Å². The van der Waals surface area contributed by atoms with Gasteiger partial charge < -0.3 is 0 Å². The molecule has 0 radical (unpaired) electrons. The number of alkyl halides is 3. The molecule has 8 aromatic carbocycles. The summed E-state index contributed by atoms with van der Waals surface area (Å²) in [6.45, 7) is 13.5. The molecule has 84 heavy (non-hydrogen) atoms. The van der Waals surface area contributed by atoms with Gasteiger partial charge in [-0.1, -0.05) is 173 Å². The molecule has 0 spiro atoms. The van der Waals surface area contributed by atoms with Gasteiger partial charge in [-0.05, 0) is 139 Å². The highest BCUT2D eigenvalue weighted by Crippen LogP contribution is 2.32. The first-order chi connectivity index (χ1) is 39.4. The number of ketones is 8. The second-order valence-electron chi connectivity index (χ2n) is 17.4. The highest BCUT2D eigenvalue weighted by atomic mass is 127. The molecule has 8 aromatic rings. The van der Waals surface area contributed by atoms with E-state index in [1.54, 1.807) is 76.2 Å². The number of rotatable bonds is 9. The smallest absolute Gasteiger partial charge is 0.295 e. The predicted octanol–water partition coefficient (Wildman–Crippen LogP) is 18.5. The third-order valence-electron chi connectivity index (χ3n) is 10.8. The summed E-state index contributed by atoms with van der Waals surface area (Å²) >= 11 is 11.1. The second-order valence-corrected chi connectivity index (χ2v) is 19.8. The molecule has 0 unspecified atom stereocenters. The van der Waals surface area contributed by atoms with Crippen LogP contribution in [0.3, 0.4) is 0 Å². The number of carbonyl (C=O) groups is 8. The van der Waals surface area contributed by atoms with Crippen molar-refractivity contribution in [1.82, 2.24) is 0 Å². The van der Waals surface area contributed by atoms with Gasteiger partial charge in [0.1, 0.15) is 5.82 Å². The molecule has 0 heterocycles. The highest BCUT2D eigenvalue weighted by molar-refractivity contribution is 14.1. The summed E-state index contributed by atoms with van der Waals surface area (Å²) in [5.74, 6) is -1.07. The van der Waals surface area contributed by atoms with E-state index in [2.05, 4.69) is 38.5 Å². The zero-order valence-electron chi connectivity index (χ0n) is 47.2. The first-order valence-electron chi connectivity index (χ1n) is 25.0. The van der Waals surface area contributed by atoms with Crippen molar-refractivity contribution in [3.8, 4) is 0 Å². The van der Waals surface area contributed by atoms with Gasteiger partial charge in [-0.2, -0.15) is 13.2 Å². The molecule has 0 aliphatic rings. The molecule has 0 N–H and O–H groups in total. The average Bonchev–Trinajstić information content (AvgIpc) is 3.49. The quantitative estimate of drug-likeness (QED) is 0.0444. The van der Waals surface area contributed by atoms with Gasteiger partial charge in [0.25, 0.3) is 5.69 Å². The Morgan fingerprint density at radius 2 is 0.786 bits per heavy atom. The molecule has 0 saturated carbocycles. The maximum atomic E-state index is 12.6. The highest BCUT2D eigenvalue weighted by Gasteiger charge is 2.33. The van der Waals surface area contributed by atoms with Gasteiger partial charge in [-0.15, -0.1) is 0 Å². The van der Waals surface area contributed by atoms with Crippen LogP contribution in [0.1, 0.15) is 149 Å². The normalized spacial score (nSPS) is 9.67. The summed E-state index contributed by atoms with van der Waals surface area (Å²) in [6.07, 6.45) is -4.46.